The second kappa shape index (κ2) is 6.29. The van der Waals surface area contributed by atoms with Crippen molar-refractivity contribution < 1.29 is 8.78 Å². The maximum absolute atomic E-state index is 13.8. The monoisotopic (exact) mass is 279 g/mol. The molecule has 0 saturated carbocycles. The van der Waals surface area contributed by atoms with Crippen molar-refractivity contribution in [2.45, 2.75) is 38.4 Å². The average Bonchev–Trinajstić information content (AvgIpc) is 2.41. The van der Waals surface area contributed by atoms with Gasteiger partial charge >= 0.3 is 0 Å². The summed E-state index contributed by atoms with van der Waals surface area (Å²) >= 11 is 0. The van der Waals surface area contributed by atoms with E-state index in [0.717, 1.165) is 31.5 Å². The molecule has 1 aromatic rings. The van der Waals surface area contributed by atoms with Gasteiger partial charge in [0.1, 0.15) is 11.6 Å². The van der Waals surface area contributed by atoms with Crippen LogP contribution in [0, 0.1) is 23.0 Å². The van der Waals surface area contributed by atoms with Gasteiger partial charge in [0.05, 0.1) is 11.6 Å². The van der Waals surface area contributed by atoms with Gasteiger partial charge in [0.25, 0.3) is 0 Å². The number of nitrogens with one attached hydrogen (secondary N) is 1. The average molecular weight is 279 g/mol. The molecule has 0 aromatic heterocycles. The van der Waals surface area contributed by atoms with E-state index >= 15 is 0 Å². The van der Waals surface area contributed by atoms with Crippen molar-refractivity contribution in [2.75, 3.05) is 13.6 Å². The number of likely N-dealkylation sites (tertiary alicyclic amines) is 1. The molecule has 2 atom stereocenters. The highest BCUT2D eigenvalue weighted by Gasteiger charge is 2.23. The molecule has 0 spiro atoms. The Kier molecular flexibility index (Phi) is 4.69. The van der Waals surface area contributed by atoms with Crippen LogP contribution in [0.3, 0.4) is 0 Å². The summed E-state index contributed by atoms with van der Waals surface area (Å²) in [5.41, 5.74) is 0.0206. The zero-order chi connectivity index (χ0) is 14.7. The zero-order valence-corrected chi connectivity index (χ0v) is 11.8. The quantitative estimate of drug-likeness (QED) is 0.923. The molecule has 1 aliphatic rings. The number of piperidine rings is 1. The minimum atomic E-state index is -0.657. The van der Waals surface area contributed by atoms with Crippen molar-refractivity contribution >= 4 is 0 Å². The lowest BCUT2D eigenvalue weighted by Crippen LogP contribution is -2.45. The highest BCUT2D eigenvalue weighted by atomic mass is 19.1. The van der Waals surface area contributed by atoms with Gasteiger partial charge in [-0.15, -0.1) is 0 Å². The number of benzene rings is 1. The lowest BCUT2D eigenvalue weighted by atomic mass is 9.98. The Morgan fingerprint density at radius 3 is 2.60 bits per heavy atom. The third kappa shape index (κ3) is 3.33. The van der Waals surface area contributed by atoms with Gasteiger partial charge < -0.3 is 10.2 Å². The van der Waals surface area contributed by atoms with E-state index in [1.807, 2.05) is 0 Å². The van der Waals surface area contributed by atoms with Gasteiger partial charge in [0, 0.05) is 24.2 Å². The van der Waals surface area contributed by atoms with Crippen LogP contribution in [0.15, 0.2) is 12.1 Å². The molecule has 2 unspecified atom stereocenters. The van der Waals surface area contributed by atoms with E-state index in [-0.39, 0.29) is 23.7 Å². The summed E-state index contributed by atoms with van der Waals surface area (Å²) in [4.78, 5) is 2.28. The summed E-state index contributed by atoms with van der Waals surface area (Å²) in [6, 6.07) is 4.65. The van der Waals surface area contributed by atoms with Gasteiger partial charge in [-0.25, -0.2) is 8.78 Å². The van der Waals surface area contributed by atoms with Gasteiger partial charge in [0.2, 0.25) is 0 Å². The summed E-state index contributed by atoms with van der Waals surface area (Å²) in [7, 11) is 2.08. The van der Waals surface area contributed by atoms with Crippen LogP contribution in [-0.2, 0) is 6.54 Å². The number of halogens is 2. The molecule has 20 heavy (non-hydrogen) atoms. The fraction of sp³-hybridized carbons (Fsp3) is 0.533. The summed E-state index contributed by atoms with van der Waals surface area (Å²) < 4.78 is 27.5. The Hall–Kier alpha value is -1.51. The van der Waals surface area contributed by atoms with Crippen LogP contribution >= 0.6 is 0 Å². The van der Waals surface area contributed by atoms with E-state index in [1.54, 1.807) is 6.07 Å². The molecule has 108 valence electrons. The molecule has 0 bridgehead atoms. The fourth-order valence-corrected chi connectivity index (χ4v) is 2.56. The Balaban J connectivity index is 2.00. The molecule has 5 heteroatoms. The molecule has 0 radical (unpaired) electrons. The van der Waals surface area contributed by atoms with Crippen LogP contribution < -0.4 is 5.32 Å². The molecule has 1 N–H and O–H groups in total. The van der Waals surface area contributed by atoms with Crippen molar-refractivity contribution in [1.29, 1.82) is 5.26 Å². The first-order valence-corrected chi connectivity index (χ1v) is 6.83. The Morgan fingerprint density at radius 2 is 2.05 bits per heavy atom. The topological polar surface area (TPSA) is 39.1 Å². The molecule has 1 fully saturated rings. The second-order valence-corrected chi connectivity index (χ2v) is 5.46. The maximum Gasteiger partial charge on any atom is 0.131 e. The van der Waals surface area contributed by atoms with E-state index in [1.165, 1.54) is 0 Å². The van der Waals surface area contributed by atoms with E-state index in [9.17, 15) is 8.78 Å². The van der Waals surface area contributed by atoms with Crippen LogP contribution in [0.5, 0.6) is 0 Å². The minimum absolute atomic E-state index is 0.00980. The van der Waals surface area contributed by atoms with Crippen LogP contribution in [0.1, 0.15) is 30.9 Å². The van der Waals surface area contributed by atoms with Crippen LogP contribution in [0.25, 0.3) is 0 Å². The van der Waals surface area contributed by atoms with E-state index in [0.29, 0.717) is 6.04 Å². The van der Waals surface area contributed by atoms with Gasteiger partial charge in [-0.05, 0) is 45.5 Å². The van der Waals surface area contributed by atoms with Crippen LogP contribution in [0.4, 0.5) is 8.78 Å². The molecule has 1 aromatic carbocycles. The first kappa shape index (κ1) is 14.9. The maximum atomic E-state index is 13.8. The molecule has 3 nitrogen and oxygen atoms in total. The largest absolute Gasteiger partial charge is 0.310 e. The van der Waals surface area contributed by atoms with Gasteiger partial charge in [-0.1, -0.05) is 0 Å². The van der Waals surface area contributed by atoms with Crippen LogP contribution in [-0.4, -0.2) is 30.6 Å². The second-order valence-electron chi connectivity index (χ2n) is 5.46. The van der Waals surface area contributed by atoms with Crippen molar-refractivity contribution in [3.05, 3.63) is 34.9 Å². The predicted octanol–water partition coefficient (Wildman–Crippen LogP) is 2.41. The number of rotatable bonds is 3. The third-order valence-corrected chi connectivity index (χ3v) is 4.05. The van der Waals surface area contributed by atoms with Crippen molar-refractivity contribution in [3.8, 4) is 6.07 Å². The zero-order valence-electron chi connectivity index (χ0n) is 11.8. The van der Waals surface area contributed by atoms with Gasteiger partial charge in [-0.3, -0.25) is 0 Å². The number of nitrogens with zero attached hydrogens (tertiary/aromatic N) is 2. The standard InChI is InChI=1S/C15H19F2N3/c1-10-5-12(3-4-20(10)2)19-9-13-14(16)6-11(8-18)7-15(13)17/h6-7,10,12,19H,3-5,9H2,1-2H3. The predicted molar refractivity (Wildman–Crippen MR) is 73.0 cm³/mol. The molecular formula is C15H19F2N3. The van der Waals surface area contributed by atoms with Crippen molar-refractivity contribution in [3.63, 3.8) is 0 Å². The number of hydrogen-bond acceptors (Lipinski definition) is 3. The first-order valence-electron chi connectivity index (χ1n) is 6.83. The molecule has 1 aliphatic heterocycles. The number of nitriles is 1. The summed E-state index contributed by atoms with van der Waals surface area (Å²) in [6.45, 7) is 3.29. The molecule has 1 heterocycles. The van der Waals surface area contributed by atoms with Crippen LogP contribution in [0.2, 0.25) is 0 Å². The van der Waals surface area contributed by atoms with Gasteiger partial charge in [-0.2, -0.15) is 5.26 Å². The van der Waals surface area contributed by atoms with E-state index in [2.05, 4.69) is 24.2 Å². The molecule has 1 saturated heterocycles. The highest BCUT2D eigenvalue weighted by Crippen LogP contribution is 2.18. The summed E-state index contributed by atoms with van der Waals surface area (Å²) in [6.07, 6.45) is 1.94. The minimum Gasteiger partial charge on any atom is -0.310 e. The van der Waals surface area contributed by atoms with E-state index < -0.39 is 11.6 Å². The summed E-state index contributed by atoms with van der Waals surface area (Å²) in [5, 5.41) is 11.9. The molecule has 0 amide bonds. The van der Waals surface area contributed by atoms with E-state index in [4.69, 9.17) is 5.26 Å². The molecular weight excluding hydrogens is 260 g/mol. The van der Waals surface area contributed by atoms with Crippen molar-refractivity contribution in [2.24, 2.45) is 0 Å². The van der Waals surface area contributed by atoms with Gasteiger partial charge in [0.15, 0.2) is 0 Å². The third-order valence-electron chi connectivity index (χ3n) is 4.05. The smallest absolute Gasteiger partial charge is 0.131 e. The Bertz CT molecular complexity index is 501. The normalized spacial score (nSPS) is 23.6. The SMILES string of the molecule is CC1CC(NCc2c(F)cc(C#N)cc2F)CCN1C. The molecule has 0 aliphatic carbocycles. The number of hydrogen-bond donors (Lipinski definition) is 1. The first-order chi connectivity index (χ1) is 9.51. The Morgan fingerprint density at radius 1 is 1.40 bits per heavy atom. The highest BCUT2D eigenvalue weighted by molar-refractivity contribution is 5.34. The van der Waals surface area contributed by atoms with Crippen molar-refractivity contribution in [1.82, 2.24) is 10.2 Å². The lowest BCUT2D eigenvalue weighted by Gasteiger charge is -2.35. The molecule has 2 rings (SSSR count). The summed E-state index contributed by atoms with van der Waals surface area (Å²) in [5.74, 6) is -1.31. The fourth-order valence-electron chi connectivity index (χ4n) is 2.56. The lowest BCUT2D eigenvalue weighted by molar-refractivity contribution is 0.167. The Labute approximate surface area is 118 Å².